The third-order valence-electron chi connectivity index (χ3n) is 2.38. The van der Waals surface area contributed by atoms with Gasteiger partial charge in [0.1, 0.15) is 0 Å². The Morgan fingerprint density at radius 1 is 1.33 bits per heavy atom. The Bertz CT molecular complexity index is 171. The smallest absolute Gasteiger partial charge is 0.220 e. The van der Waals surface area contributed by atoms with Crippen LogP contribution in [0.5, 0.6) is 0 Å². The Morgan fingerprint density at radius 2 is 2.00 bits per heavy atom. The van der Waals surface area contributed by atoms with E-state index in [1.54, 1.807) is 6.92 Å². The number of aliphatic hydroxyl groups excluding tert-OH is 2. The van der Waals surface area contributed by atoms with Crippen molar-refractivity contribution in [3.05, 3.63) is 0 Å². The fourth-order valence-corrected chi connectivity index (χ4v) is 1.31. The van der Waals surface area contributed by atoms with Gasteiger partial charge in [0.2, 0.25) is 5.91 Å². The quantitative estimate of drug-likeness (QED) is 0.527. The van der Waals surface area contributed by atoms with E-state index in [4.69, 9.17) is 5.11 Å². The average molecular weight is 217 g/mol. The minimum atomic E-state index is -0.713. The maximum Gasteiger partial charge on any atom is 0.220 e. The molecule has 0 radical (unpaired) electrons. The molecule has 0 bridgehead atoms. The molecule has 0 aliphatic heterocycles. The molecule has 3 N–H and O–H groups in total. The second-order valence-corrected chi connectivity index (χ2v) is 3.91. The number of nitrogens with one attached hydrogen (secondary N) is 1. The molecular formula is C11H23NO3. The maximum absolute atomic E-state index is 11.3. The van der Waals surface area contributed by atoms with Crippen LogP contribution in [-0.4, -0.2) is 34.9 Å². The number of amides is 1. The summed E-state index contributed by atoms with van der Waals surface area (Å²) in [6.07, 6.45) is 3.99. The summed E-state index contributed by atoms with van der Waals surface area (Å²) >= 11 is 0. The number of unbranched alkanes of at least 4 members (excludes halogenated alkanes) is 3. The standard InChI is InChI=1S/C11H23NO3/c1-3-4-5-6-7-11(15)12-10(8-13)9(2)14/h9-10,13-14H,3-8H2,1-2H3,(H,12,15). The first-order chi connectivity index (χ1) is 7.11. The summed E-state index contributed by atoms with van der Waals surface area (Å²) in [6.45, 7) is 3.45. The maximum atomic E-state index is 11.3. The van der Waals surface area contributed by atoms with Gasteiger partial charge < -0.3 is 15.5 Å². The molecular weight excluding hydrogens is 194 g/mol. The minimum Gasteiger partial charge on any atom is -0.394 e. The summed E-state index contributed by atoms with van der Waals surface area (Å²) < 4.78 is 0. The first-order valence-corrected chi connectivity index (χ1v) is 5.70. The van der Waals surface area contributed by atoms with Crippen LogP contribution in [0.3, 0.4) is 0 Å². The summed E-state index contributed by atoms with van der Waals surface area (Å²) in [7, 11) is 0. The molecule has 0 aromatic heterocycles. The fraction of sp³-hybridized carbons (Fsp3) is 0.909. The summed E-state index contributed by atoms with van der Waals surface area (Å²) in [4.78, 5) is 11.3. The summed E-state index contributed by atoms with van der Waals surface area (Å²) in [5.74, 6) is -0.0916. The normalized spacial score (nSPS) is 14.7. The Labute approximate surface area is 91.7 Å². The molecule has 0 aliphatic carbocycles. The highest BCUT2D eigenvalue weighted by molar-refractivity contribution is 5.76. The monoisotopic (exact) mass is 217 g/mol. The van der Waals surface area contributed by atoms with Crippen LogP contribution in [0.2, 0.25) is 0 Å². The highest BCUT2D eigenvalue weighted by Crippen LogP contribution is 2.02. The average Bonchev–Trinajstić information content (AvgIpc) is 2.20. The summed E-state index contributed by atoms with van der Waals surface area (Å²) in [5, 5.41) is 20.7. The van der Waals surface area contributed by atoms with Gasteiger partial charge in [0.25, 0.3) is 0 Å². The van der Waals surface area contributed by atoms with E-state index in [-0.39, 0.29) is 12.5 Å². The van der Waals surface area contributed by atoms with Gasteiger partial charge in [-0.2, -0.15) is 0 Å². The molecule has 15 heavy (non-hydrogen) atoms. The number of aliphatic hydroxyl groups is 2. The Morgan fingerprint density at radius 3 is 2.47 bits per heavy atom. The van der Waals surface area contributed by atoms with Crippen LogP contribution >= 0.6 is 0 Å². The van der Waals surface area contributed by atoms with Gasteiger partial charge in [-0.3, -0.25) is 4.79 Å². The summed E-state index contributed by atoms with van der Waals surface area (Å²) in [5.41, 5.74) is 0. The number of carbonyl (C=O) groups is 1. The molecule has 0 heterocycles. The fourth-order valence-electron chi connectivity index (χ4n) is 1.31. The van der Waals surface area contributed by atoms with Crippen LogP contribution in [0.25, 0.3) is 0 Å². The number of carbonyl (C=O) groups excluding carboxylic acids is 1. The number of rotatable bonds is 8. The number of hydrogen-bond acceptors (Lipinski definition) is 3. The van der Waals surface area contributed by atoms with E-state index in [0.29, 0.717) is 6.42 Å². The van der Waals surface area contributed by atoms with Crippen molar-refractivity contribution in [3.8, 4) is 0 Å². The lowest BCUT2D eigenvalue weighted by atomic mass is 10.1. The second-order valence-electron chi connectivity index (χ2n) is 3.91. The van der Waals surface area contributed by atoms with Gasteiger partial charge in [0.05, 0.1) is 18.8 Å². The van der Waals surface area contributed by atoms with Gasteiger partial charge >= 0.3 is 0 Å². The molecule has 0 rings (SSSR count). The molecule has 1 amide bonds. The highest BCUT2D eigenvalue weighted by Gasteiger charge is 2.15. The highest BCUT2D eigenvalue weighted by atomic mass is 16.3. The molecule has 4 heteroatoms. The van der Waals surface area contributed by atoms with Crippen molar-refractivity contribution in [1.82, 2.24) is 5.32 Å². The predicted octanol–water partition coefficient (Wildman–Crippen LogP) is 0.815. The molecule has 0 aromatic rings. The van der Waals surface area contributed by atoms with Crippen molar-refractivity contribution in [2.75, 3.05) is 6.61 Å². The predicted molar refractivity (Wildman–Crippen MR) is 59.5 cm³/mol. The van der Waals surface area contributed by atoms with Crippen molar-refractivity contribution < 1.29 is 15.0 Å². The zero-order valence-electron chi connectivity index (χ0n) is 9.70. The zero-order valence-corrected chi connectivity index (χ0v) is 9.70. The largest absolute Gasteiger partial charge is 0.394 e. The van der Waals surface area contributed by atoms with E-state index in [0.717, 1.165) is 25.7 Å². The van der Waals surface area contributed by atoms with E-state index < -0.39 is 12.1 Å². The molecule has 0 saturated carbocycles. The SMILES string of the molecule is CCCCCCC(=O)NC(CO)C(C)O. The molecule has 0 aliphatic rings. The van der Waals surface area contributed by atoms with Gasteiger partial charge in [-0.15, -0.1) is 0 Å². The lowest BCUT2D eigenvalue weighted by Gasteiger charge is -2.18. The van der Waals surface area contributed by atoms with E-state index in [2.05, 4.69) is 12.2 Å². The van der Waals surface area contributed by atoms with Crippen molar-refractivity contribution in [2.45, 2.75) is 58.1 Å². The third kappa shape index (κ3) is 7.33. The van der Waals surface area contributed by atoms with E-state index in [1.165, 1.54) is 0 Å². The molecule has 90 valence electrons. The van der Waals surface area contributed by atoms with Gasteiger partial charge in [-0.25, -0.2) is 0 Å². The van der Waals surface area contributed by atoms with Crippen molar-refractivity contribution in [1.29, 1.82) is 0 Å². The van der Waals surface area contributed by atoms with E-state index >= 15 is 0 Å². The zero-order chi connectivity index (χ0) is 11.7. The van der Waals surface area contributed by atoms with Crippen LogP contribution in [0.15, 0.2) is 0 Å². The Hall–Kier alpha value is -0.610. The molecule has 0 fully saturated rings. The molecule has 2 atom stereocenters. The van der Waals surface area contributed by atoms with Gasteiger partial charge in [-0.05, 0) is 13.3 Å². The van der Waals surface area contributed by atoms with Crippen LogP contribution in [0, 0.1) is 0 Å². The third-order valence-corrected chi connectivity index (χ3v) is 2.38. The van der Waals surface area contributed by atoms with Crippen molar-refractivity contribution in [3.63, 3.8) is 0 Å². The first kappa shape index (κ1) is 14.4. The van der Waals surface area contributed by atoms with Crippen LogP contribution in [-0.2, 0) is 4.79 Å². The van der Waals surface area contributed by atoms with Crippen molar-refractivity contribution >= 4 is 5.91 Å². The molecule has 4 nitrogen and oxygen atoms in total. The van der Waals surface area contributed by atoms with Gasteiger partial charge in [-0.1, -0.05) is 26.2 Å². The Balaban J connectivity index is 3.62. The van der Waals surface area contributed by atoms with Crippen LogP contribution in [0.1, 0.15) is 46.0 Å². The second kappa shape index (κ2) is 8.68. The lowest BCUT2D eigenvalue weighted by molar-refractivity contribution is -0.123. The van der Waals surface area contributed by atoms with Crippen LogP contribution < -0.4 is 5.32 Å². The number of hydrogen-bond donors (Lipinski definition) is 3. The molecule has 0 aromatic carbocycles. The summed E-state index contributed by atoms with van der Waals surface area (Å²) in [6, 6.07) is -0.538. The van der Waals surface area contributed by atoms with Gasteiger partial charge in [0.15, 0.2) is 0 Å². The topological polar surface area (TPSA) is 69.6 Å². The van der Waals surface area contributed by atoms with E-state index in [1.807, 2.05) is 0 Å². The Kier molecular flexibility index (Phi) is 8.33. The van der Waals surface area contributed by atoms with Gasteiger partial charge in [0, 0.05) is 6.42 Å². The lowest BCUT2D eigenvalue weighted by Crippen LogP contribution is -2.44. The minimum absolute atomic E-state index is 0.0916. The molecule has 0 spiro atoms. The van der Waals surface area contributed by atoms with Crippen LogP contribution in [0.4, 0.5) is 0 Å². The molecule has 2 unspecified atom stereocenters. The molecule has 0 saturated heterocycles. The first-order valence-electron chi connectivity index (χ1n) is 5.70. The van der Waals surface area contributed by atoms with Crippen molar-refractivity contribution in [2.24, 2.45) is 0 Å². The van der Waals surface area contributed by atoms with E-state index in [9.17, 15) is 9.90 Å².